The molecular weight excluding hydrogens is 256 g/mol. The van der Waals surface area contributed by atoms with E-state index in [1.165, 1.54) is 36.8 Å². The van der Waals surface area contributed by atoms with Crippen LogP contribution >= 0.6 is 0 Å². The monoisotopic (exact) mass is 288 g/mol. The third-order valence-electron chi connectivity index (χ3n) is 4.97. The third-order valence-corrected chi connectivity index (χ3v) is 4.97. The minimum atomic E-state index is 0.781. The second-order valence-corrected chi connectivity index (χ2v) is 6.70. The van der Waals surface area contributed by atoms with Crippen LogP contribution in [-0.2, 0) is 13.0 Å². The van der Waals surface area contributed by atoms with Gasteiger partial charge in [-0.25, -0.2) is 0 Å². The maximum atomic E-state index is 3.43. The molecule has 118 valence electrons. The predicted molar refractivity (Wildman–Crippen MR) is 91.6 cm³/mol. The molecule has 1 aromatic carbocycles. The van der Waals surface area contributed by atoms with Gasteiger partial charge in [-0.1, -0.05) is 38.1 Å². The van der Waals surface area contributed by atoms with E-state index in [1.807, 2.05) is 0 Å². The molecule has 1 aliphatic carbocycles. The number of benzene rings is 1. The van der Waals surface area contributed by atoms with Crippen LogP contribution in [0.25, 0.3) is 0 Å². The third kappa shape index (κ3) is 5.12. The summed E-state index contributed by atoms with van der Waals surface area (Å²) in [4.78, 5) is 2.58. The van der Waals surface area contributed by atoms with E-state index in [4.69, 9.17) is 0 Å². The Kier molecular flexibility index (Phi) is 6.72. The fraction of sp³-hybridized carbons (Fsp3) is 0.684. The Morgan fingerprint density at radius 2 is 1.76 bits per heavy atom. The van der Waals surface area contributed by atoms with Gasteiger partial charge in [0.2, 0.25) is 0 Å². The Morgan fingerprint density at radius 3 is 2.43 bits per heavy atom. The molecule has 0 spiro atoms. The predicted octanol–water partition coefficient (Wildman–Crippen LogP) is 3.85. The lowest BCUT2D eigenvalue weighted by Crippen LogP contribution is -2.34. The van der Waals surface area contributed by atoms with E-state index >= 15 is 0 Å². The van der Waals surface area contributed by atoms with Gasteiger partial charge < -0.3 is 5.32 Å². The first kappa shape index (κ1) is 16.5. The lowest BCUT2D eigenvalue weighted by atomic mass is 9.86. The van der Waals surface area contributed by atoms with Crippen LogP contribution in [0, 0.1) is 5.92 Å². The lowest BCUT2D eigenvalue weighted by molar-refractivity contribution is 0.163. The summed E-state index contributed by atoms with van der Waals surface area (Å²) in [6.45, 7) is 7.80. The first-order valence-corrected chi connectivity index (χ1v) is 8.68. The van der Waals surface area contributed by atoms with E-state index in [2.05, 4.69) is 55.4 Å². The molecule has 2 rings (SSSR count). The van der Waals surface area contributed by atoms with Crippen LogP contribution in [0.4, 0.5) is 0 Å². The van der Waals surface area contributed by atoms with Gasteiger partial charge in [0.15, 0.2) is 0 Å². The summed E-state index contributed by atoms with van der Waals surface area (Å²) in [7, 11) is 2.31. The number of rotatable bonds is 7. The van der Waals surface area contributed by atoms with Gasteiger partial charge in [-0.3, -0.25) is 4.90 Å². The van der Waals surface area contributed by atoms with Gasteiger partial charge in [-0.2, -0.15) is 0 Å². The van der Waals surface area contributed by atoms with Crippen molar-refractivity contribution in [2.75, 3.05) is 20.1 Å². The molecule has 2 heteroatoms. The summed E-state index contributed by atoms with van der Waals surface area (Å²) in [5.74, 6) is 0.932. The molecule has 0 heterocycles. The fourth-order valence-corrected chi connectivity index (χ4v) is 3.44. The molecule has 1 N–H and O–H groups in total. The average Bonchev–Trinajstić information content (AvgIpc) is 2.50. The second-order valence-electron chi connectivity index (χ2n) is 6.70. The van der Waals surface area contributed by atoms with Crippen molar-refractivity contribution in [1.82, 2.24) is 10.2 Å². The smallest absolute Gasteiger partial charge is 0.0236 e. The minimum Gasteiger partial charge on any atom is -0.317 e. The number of hydrogen-bond donors (Lipinski definition) is 1. The molecule has 0 radical (unpaired) electrons. The van der Waals surface area contributed by atoms with Crippen molar-refractivity contribution in [2.45, 2.75) is 58.5 Å². The molecule has 0 unspecified atom stereocenters. The van der Waals surface area contributed by atoms with Crippen molar-refractivity contribution in [2.24, 2.45) is 5.92 Å². The highest BCUT2D eigenvalue weighted by Crippen LogP contribution is 2.27. The number of nitrogens with zero attached hydrogens (tertiary/aromatic N) is 1. The Morgan fingerprint density at radius 1 is 1.10 bits per heavy atom. The zero-order valence-electron chi connectivity index (χ0n) is 14.1. The summed E-state index contributed by atoms with van der Waals surface area (Å²) in [5, 5.41) is 3.43. The van der Waals surface area contributed by atoms with Gasteiger partial charge in [0.05, 0.1) is 0 Å². The Bertz CT molecular complexity index is 408. The highest BCUT2D eigenvalue weighted by Gasteiger charge is 2.21. The second kappa shape index (κ2) is 8.55. The van der Waals surface area contributed by atoms with E-state index < -0.39 is 0 Å². The molecule has 1 aromatic rings. The van der Waals surface area contributed by atoms with Crippen molar-refractivity contribution < 1.29 is 0 Å². The standard InChI is InChI=1S/C19H32N2/c1-4-20-14-13-17-7-5-6-8-18(17)15-21(3)19-11-9-16(2)10-12-19/h5-8,16,19-20H,4,9-15H2,1-3H3. The molecule has 1 aliphatic rings. The van der Waals surface area contributed by atoms with Gasteiger partial charge in [0, 0.05) is 12.6 Å². The van der Waals surface area contributed by atoms with Gasteiger partial charge in [0.25, 0.3) is 0 Å². The van der Waals surface area contributed by atoms with Crippen LogP contribution in [0.2, 0.25) is 0 Å². The molecule has 0 aliphatic heterocycles. The zero-order valence-corrected chi connectivity index (χ0v) is 14.1. The van der Waals surface area contributed by atoms with Crippen LogP contribution in [-0.4, -0.2) is 31.1 Å². The Hall–Kier alpha value is -0.860. The quantitative estimate of drug-likeness (QED) is 0.767. The summed E-state index contributed by atoms with van der Waals surface area (Å²) < 4.78 is 0. The Labute approximate surface area is 130 Å². The highest BCUT2D eigenvalue weighted by molar-refractivity contribution is 5.27. The van der Waals surface area contributed by atoms with Crippen molar-refractivity contribution in [3.8, 4) is 0 Å². The van der Waals surface area contributed by atoms with E-state index in [-0.39, 0.29) is 0 Å². The molecule has 21 heavy (non-hydrogen) atoms. The summed E-state index contributed by atoms with van der Waals surface area (Å²) >= 11 is 0. The number of hydrogen-bond acceptors (Lipinski definition) is 2. The number of likely N-dealkylation sites (N-methyl/N-ethyl adjacent to an activating group) is 1. The Balaban J connectivity index is 1.92. The van der Waals surface area contributed by atoms with Crippen LogP contribution in [0.5, 0.6) is 0 Å². The molecule has 0 atom stereocenters. The van der Waals surface area contributed by atoms with Gasteiger partial charge >= 0.3 is 0 Å². The highest BCUT2D eigenvalue weighted by atomic mass is 15.1. The van der Waals surface area contributed by atoms with Crippen molar-refractivity contribution in [3.63, 3.8) is 0 Å². The molecule has 1 fully saturated rings. The van der Waals surface area contributed by atoms with Crippen LogP contribution in [0.15, 0.2) is 24.3 Å². The maximum Gasteiger partial charge on any atom is 0.0236 e. The molecular formula is C19H32N2. The van der Waals surface area contributed by atoms with E-state index in [1.54, 1.807) is 0 Å². The molecule has 0 saturated heterocycles. The van der Waals surface area contributed by atoms with Crippen LogP contribution < -0.4 is 5.32 Å². The zero-order chi connectivity index (χ0) is 15.1. The summed E-state index contributed by atoms with van der Waals surface area (Å²) in [6.07, 6.45) is 6.68. The average molecular weight is 288 g/mol. The lowest BCUT2D eigenvalue weighted by Gasteiger charge is -2.34. The minimum absolute atomic E-state index is 0.781. The topological polar surface area (TPSA) is 15.3 Å². The van der Waals surface area contributed by atoms with E-state index in [0.29, 0.717) is 0 Å². The molecule has 0 bridgehead atoms. The molecule has 1 saturated carbocycles. The first-order valence-electron chi connectivity index (χ1n) is 8.68. The molecule has 0 amide bonds. The van der Waals surface area contributed by atoms with Crippen molar-refractivity contribution in [3.05, 3.63) is 35.4 Å². The maximum absolute atomic E-state index is 3.43. The van der Waals surface area contributed by atoms with Gasteiger partial charge in [-0.15, -0.1) is 0 Å². The summed E-state index contributed by atoms with van der Waals surface area (Å²) in [5.41, 5.74) is 3.02. The normalized spacial score (nSPS) is 22.7. The number of nitrogens with one attached hydrogen (secondary N) is 1. The fourth-order valence-electron chi connectivity index (χ4n) is 3.44. The van der Waals surface area contributed by atoms with Crippen molar-refractivity contribution in [1.29, 1.82) is 0 Å². The first-order chi connectivity index (χ1) is 10.2. The van der Waals surface area contributed by atoms with Crippen molar-refractivity contribution >= 4 is 0 Å². The van der Waals surface area contributed by atoms with E-state index in [9.17, 15) is 0 Å². The summed E-state index contributed by atoms with van der Waals surface area (Å²) in [6, 6.07) is 9.74. The van der Waals surface area contributed by atoms with Crippen LogP contribution in [0.3, 0.4) is 0 Å². The molecule has 2 nitrogen and oxygen atoms in total. The largest absolute Gasteiger partial charge is 0.317 e. The van der Waals surface area contributed by atoms with Crippen LogP contribution in [0.1, 0.15) is 50.7 Å². The SMILES string of the molecule is CCNCCc1ccccc1CN(C)C1CCC(C)CC1. The molecule has 0 aromatic heterocycles. The van der Waals surface area contributed by atoms with Gasteiger partial charge in [-0.05, 0) is 69.3 Å². The van der Waals surface area contributed by atoms with Gasteiger partial charge in [0.1, 0.15) is 0 Å². The van der Waals surface area contributed by atoms with E-state index in [0.717, 1.165) is 38.0 Å².